The smallest absolute Gasteiger partial charge is 0.368 e. The molecule has 18 heavy (non-hydrogen) atoms. The van der Waals surface area contributed by atoms with Crippen LogP contribution in [0.3, 0.4) is 0 Å². The molecule has 108 valence electrons. The van der Waals surface area contributed by atoms with E-state index >= 15 is 0 Å². The molecule has 0 amide bonds. The Kier molecular flexibility index (Phi) is 7.44. The van der Waals surface area contributed by atoms with Gasteiger partial charge in [-0.25, -0.2) is 12.8 Å². The number of rotatable bonds is 8. The van der Waals surface area contributed by atoms with Crippen molar-refractivity contribution in [2.24, 2.45) is 0 Å². The van der Waals surface area contributed by atoms with Crippen molar-refractivity contribution >= 4 is 38.7 Å². The molecule has 0 aliphatic rings. The second-order valence-corrected chi connectivity index (χ2v) is 5.84. The van der Waals surface area contributed by atoms with Gasteiger partial charge in [0.2, 0.25) is 6.17 Å². The van der Waals surface area contributed by atoms with Gasteiger partial charge in [0.25, 0.3) is 0 Å². The minimum Gasteiger partial charge on any atom is -0.743 e. The maximum atomic E-state index is 12.8. The fourth-order valence-electron chi connectivity index (χ4n) is 0.856. The Hall–Kier alpha value is -0.100. The summed E-state index contributed by atoms with van der Waals surface area (Å²) in [6, 6.07) is 0. The molecule has 10 heteroatoms. The third-order valence-corrected chi connectivity index (χ3v) is 3.54. The molecule has 0 aliphatic heterocycles. The molecule has 0 saturated carbocycles. The number of hydrogen-bond acceptors (Lipinski definition) is 5. The Morgan fingerprint density at radius 1 is 1.39 bits per heavy atom. The first-order valence-corrected chi connectivity index (χ1v) is 7.75. The van der Waals surface area contributed by atoms with Gasteiger partial charge in [-0.1, -0.05) is 22.6 Å². The predicted octanol–water partition coefficient (Wildman–Crippen LogP) is 1.61. The minimum atomic E-state index is -6.12. The van der Waals surface area contributed by atoms with Gasteiger partial charge in [0, 0.05) is 6.42 Å². The zero-order chi connectivity index (χ0) is 14.4. The highest BCUT2D eigenvalue weighted by atomic mass is 127. The van der Waals surface area contributed by atoms with E-state index in [1.54, 1.807) is 0 Å². The molecule has 1 unspecified atom stereocenters. The van der Waals surface area contributed by atoms with Crippen LogP contribution in [0.15, 0.2) is 0 Å². The Labute approximate surface area is 116 Å². The first-order chi connectivity index (χ1) is 8.13. The molecule has 0 N–H and O–H groups in total. The number of carbonyl (C=O) groups is 1. The summed E-state index contributed by atoms with van der Waals surface area (Å²) < 4.78 is 73.2. The molecular formula is C8H11F3IO5S-. The molecule has 0 rings (SSSR count). The lowest BCUT2D eigenvalue weighted by Crippen LogP contribution is -2.41. The zero-order valence-electron chi connectivity index (χ0n) is 9.07. The van der Waals surface area contributed by atoms with Crippen LogP contribution in [0.25, 0.3) is 0 Å². The molecule has 0 spiro atoms. The fraction of sp³-hybridized carbons (Fsp3) is 0.875. The summed E-state index contributed by atoms with van der Waals surface area (Å²) in [7, 11) is -6.12. The van der Waals surface area contributed by atoms with E-state index < -0.39 is 34.1 Å². The van der Waals surface area contributed by atoms with Crippen molar-refractivity contribution in [3.05, 3.63) is 0 Å². The van der Waals surface area contributed by atoms with E-state index in [2.05, 4.69) is 27.3 Å². The second-order valence-electron chi connectivity index (χ2n) is 3.31. The van der Waals surface area contributed by atoms with Crippen LogP contribution in [0, 0.1) is 0 Å². The molecule has 0 saturated heterocycles. The van der Waals surface area contributed by atoms with Crippen LogP contribution in [0.5, 0.6) is 0 Å². The van der Waals surface area contributed by atoms with E-state index in [-0.39, 0.29) is 6.42 Å². The lowest BCUT2D eigenvalue weighted by Gasteiger charge is -2.22. The molecule has 0 bridgehead atoms. The van der Waals surface area contributed by atoms with Crippen LogP contribution in [0.4, 0.5) is 13.2 Å². The van der Waals surface area contributed by atoms with E-state index in [9.17, 15) is 30.9 Å². The number of ether oxygens (including phenoxy) is 1. The zero-order valence-corrected chi connectivity index (χ0v) is 12.0. The molecule has 0 aliphatic carbocycles. The van der Waals surface area contributed by atoms with Gasteiger partial charge in [-0.3, -0.25) is 4.79 Å². The van der Waals surface area contributed by atoms with Gasteiger partial charge in [0.15, 0.2) is 10.1 Å². The molecule has 5 nitrogen and oxygen atoms in total. The number of esters is 1. The van der Waals surface area contributed by atoms with Gasteiger partial charge in [-0.05, 0) is 17.3 Å². The number of unbranched alkanes of at least 4 members (excludes halogenated alkanes) is 1. The van der Waals surface area contributed by atoms with Crippen molar-refractivity contribution < 1.29 is 35.7 Å². The standard InChI is InChI=1S/C8H12F3IO5S/c9-6(8(10,11)18(14,15)16)5-17-7(13)3-1-2-4-12/h6H,1-5H2,(H,14,15,16)/p-1. The van der Waals surface area contributed by atoms with Crippen LogP contribution in [0.1, 0.15) is 19.3 Å². The van der Waals surface area contributed by atoms with Crippen molar-refractivity contribution in [3.63, 3.8) is 0 Å². The van der Waals surface area contributed by atoms with Gasteiger partial charge in [-0.2, -0.15) is 8.78 Å². The molecule has 1 atom stereocenters. The van der Waals surface area contributed by atoms with Crippen molar-refractivity contribution in [2.75, 3.05) is 11.0 Å². The summed E-state index contributed by atoms with van der Waals surface area (Å²) >= 11 is 2.07. The first-order valence-electron chi connectivity index (χ1n) is 4.81. The summed E-state index contributed by atoms with van der Waals surface area (Å²) in [5, 5.41) is -5.10. The Balaban J connectivity index is 4.19. The normalized spacial score (nSPS) is 14.3. The number of alkyl halides is 4. The van der Waals surface area contributed by atoms with Crippen LogP contribution >= 0.6 is 22.6 Å². The molecular weight excluding hydrogens is 392 g/mol. The van der Waals surface area contributed by atoms with Crippen LogP contribution in [-0.2, 0) is 19.6 Å². The van der Waals surface area contributed by atoms with E-state index in [0.29, 0.717) is 12.8 Å². The minimum absolute atomic E-state index is 0.0780. The average Bonchev–Trinajstić information content (AvgIpc) is 2.24. The second kappa shape index (κ2) is 7.48. The summed E-state index contributed by atoms with van der Waals surface area (Å²) in [4.78, 5) is 10.9. The quantitative estimate of drug-likeness (QED) is 0.202. The highest BCUT2D eigenvalue weighted by Gasteiger charge is 2.48. The van der Waals surface area contributed by atoms with Gasteiger partial charge in [0.05, 0.1) is 0 Å². The first kappa shape index (κ1) is 17.9. The molecule has 0 aromatic heterocycles. The Morgan fingerprint density at radius 2 is 1.94 bits per heavy atom. The van der Waals surface area contributed by atoms with Crippen LogP contribution < -0.4 is 0 Å². The van der Waals surface area contributed by atoms with Gasteiger partial charge in [-0.15, -0.1) is 0 Å². The average molecular weight is 403 g/mol. The molecule has 0 heterocycles. The van der Waals surface area contributed by atoms with Crippen molar-refractivity contribution in [2.45, 2.75) is 30.7 Å². The maximum Gasteiger partial charge on any atom is 0.368 e. The summed E-state index contributed by atoms with van der Waals surface area (Å²) in [6.07, 6.45) is -2.28. The summed E-state index contributed by atoms with van der Waals surface area (Å²) in [5.74, 6) is -0.915. The van der Waals surface area contributed by atoms with Crippen molar-refractivity contribution in [1.29, 1.82) is 0 Å². The number of halogens is 4. The highest BCUT2D eigenvalue weighted by Crippen LogP contribution is 2.27. The van der Waals surface area contributed by atoms with Crippen molar-refractivity contribution in [1.82, 2.24) is 0 Å². The summed E-state index contributed by atoms with van der Waals surface area (Å²) in [5.41, 5.74) is 0. The molecule has 0 fully saturated rings. The largest absolute Gasteiger partial charge is 0.743 e. The van der Waals surface area contributed by atoms with E-state index in [1.807, 2.05) is 0 Å². The maximum absolute atomic E-state index is 12.8. The Morgan fingerprint density at radius 3 is 2.39 bits per heavy atom. The number of carbonyl (C=O) groups excluding carboxylic acids is 1. The lowest BCUT2D eigenvalue weighted by molar-refractivity contribution is -0.148. The van der Waals surface area contributed by atoms with Gasteiger partial charge < -0.3 is 9.29 Å². The lowest BCUT2D eigenvalue weighted by atomic mass is 10.2. The van der Waals surface area contributed by atoms with E-state index in [4.69, 9.17) is 0 Å². The van der Waals surface area contributed by atoms with Crippen LogP contribution in [-0.4, -0.2) is 41.4 Å². The van der Waals surface area contributed by atoms with Crippen LogP contribution in [0.2, 0.25) is 0 Å². The molecule has 0 aromatic carbocycles. The van der Waals surface area contributed by atoms with E-state index in [1.165, 1.54) is 0 Å². The van der Waals surface area contributed by atoms with Gasteiger partial charge >= 0.3 is 11.2 Å². The number of hydrogen-bond donors (Lipinski definition) is 0. The third kappa shape index (κ3) is 5.69. The van der Waals surface area contributed by atoms with Gasteiger partial charge in [0.1, 0.15) is 6.61 Å². The van der Waals surface area contributed by atoms with E-state index in [0.717, 1.165) is 4.43 Å². The molecule has 0 aromatic rings. The monoisotopic (exact) mass is 403 g/mol. The highest BCUT2D eigenvalue weighted by molar-refractivity contribution is 14.1. The SMILES string of the molecule is O=C(CCCCI)OCC(F)C(F)(F)S(=O)(=O)[O-]. The van der Waals surface area contributed by atoms with Crippen molar-refractivity contribution in [3.8, 4) is 0 Å². The molecule has 0 radical (unpaired) electrons. The fourth-order valence-corrected chi connectivity index (χ4v) is 1.78. The topological polar surface area (TPSA) is 83.5 Å². The summed E-state index contributed by atoms with van der Waals surface area (Å²) in [6.45, 7) is -1.46. The predicted molar refractivity (Wildman–Crippen MR) is 63.2 cm³/mol. The Bertz CT molecular complexity index is 373. The third-order valence-electron chi connectivity index (χ3n) is 1.85.